The van der Waals surface area contributed by atoms with Gasteiger partial charge in [0.2, 0.25) is 0 Å². The number of nitrogens with two attached hydrogens (primary N) is 1. The highest BCUT2D eigenvalue weighted by Gasteiger charge is 2.56. The number of anilines is 1. The van der Waals surface area contributed by atoms with Crippen LogP contribution in [-0.4, -0.2) is 46.2 Å². The number of nitrogen functional groups attached to an aromatic ring is 1. The Balaban J connectivity index is 1.67. The zero-order valence-corrected chi connectivity index (χ0v) is 15.4. The van der Waals surface area contributed by atoms with E-state index >= 15 is 0 Å². The van der Waals surface area contributed by atoms with Crippen molar-refractivity contribution in [1.29, 1.82) is 0 Å². The van der Waals surface area contributed by atoms with Crippen LogP contribution in [0.2, 0.25) is 0 Å². The van der Waals surface area contributed by atoms with Gasteiger partial charge in [0.1, 0.15) is 0 Å². The zero-order chi connectivity index (χ0) is 19.5. The summed E-state index contributed by atoms with van der Waals surface area (Å²) in [6.45, 7) is 6.23. The molecule has 3 atom stereocenters. The molecule has 2 fully saturated rings. The first-order valence-corrected chi connectivity index (χ1v) is 8.93. The Morgan fingerprint density at radius 1 is 1.22 bits per heavy atom. The van der Waals surface area contributed by atoms with E-state index in [2.05, 4.69) is 26.8 Å². The molecule has 0 amide bonds. The van der Waals surface area contributed by atoms with E-state index in [9.17, 15) is 13.2 Å². The van der Waals surface area contributed by atoms with Crippen molar-refractivity contribution in [1.82, 2.24) is 19.7 Å². The van der Waals surface area contributed by atoms with Crippen LogP contribution in [0.1, 0.15) is 31.5 Å². The van der Waals surface area contributed by atoms with Crippen molar-refractivity contribution >= 4 is 5.82 Å². The van der Waals surface area contributed by atoms with Gasteiger partial charge >= 0.3 is 6.36 Å². The van der Waals surface area contributed by atoms with Crippen LogP contribution in [0.5, 0.6) is 5.75 Å². The monoisotopic (exact) mass is 381 g/mol. The highest BCUT2D eigenvalue weighted by Crippen LogP contribution is 2.58. The average Bonchev–Trinajstić information content (AvgIpc) is 2.94. The van der Waals surface area contributed by atoms with E-state index in [1.54, 1.807) is 0 Å². The zero-order valence-electron chi connectivity index (χ0n) is 15.4. The normalized spacial score (nSPS) is 25.1. The lowest BCUT2D eigenvalue weighted by molar-refractivity contribution is -0.274. The molecule has 1 aliphatic carbocycles. The molecule has 3 heterocycles. The summed E-state index contributed by atoms with van der Waals surface area (Å²) in [5, 5.41) is 4.64. The first-order chi connectivity index (χ1) is 12.6. The summed E-state index contributed by atoms with van der Waals surface area (Å²) in [5.74, 6) is 0.902. The second-order valence-corrected chi connectivity index (χ2v) is 7.72. The number of aromatic nitrogens is 3. The van der Waals surface area contributed by atoms with Crippen LogP contribution < -0.4 is 10.5 Å². The molecule has 2 aromatic heterocycles. The molecule has 0 radical (unpaired) electrons. The molecule has 6 nitrogen and oxygen atoms in total. The lowest BCUT2D eigenvalue weighted by atomic mass is 10.1. The van der Waals surface area contributed by atoms with Crippen molar-refractivity contribution in [3.8, 4) is 17.0 Å². The highest BCUT2D eigenvalue weighted by atomic mass is 19.4. The molecular formula is C18H22F3N5O. The summed E-state index contributed by atoms with van der Waals surface area (Å²) in [4.78, 5) is 6.17. The van der Waals surface area contributed by atoms with E-state index in [0.29, 0.717) is 29.0 Å². The predicted octanol–water partition coefficient (Wildman–Crippen LogP) is 3.28. The maximum atomic E-state index is 12.6. The van der Waals surface area contributed by atoms with E-state index < -0.39 is 12.1 Å². The molecule has 27 heavy (non-hydrogen) atoms. The summed E-state index contributed by atoms with van der Waals surface area (Å²) in [6, 6.07) is 3.36. The molecule has 0 spiro atoms. The first kappa shape index (κ1) is 18.1. The third-order valence-corrected chi connectivity index (χ3v) is 5.38. The number of ether oxygens (including phenoxy) is 1. The molecule has 0 bridgehead atoms. The van der Waals surface area contributed by atoms with Crippen molar-refractivity contribution in [3.63, 3.8) is 0 Å². The van der Waals surface area contributed by atoms with Crippen LogP contribution in [0.3, 0.4) is 0 Å². The lowest BCUT2D eigenvalue weighted by Crippen LogP contribution is -2.19. The van der Waals surface area contributed by atoms with E-state index in [4.69, 9.17) is 5.73 Å². The summed E-state index contributed by atoms with van der Waals surface area (Å²) >= 11 is 0. The average molecular weight is 381 g/mol. The number of piperidine rings is 1. The van der Waals surface area contributed by atoms with Crippen LogP contribution in [-0.2, 0) is 0 Å². The topological polar surface area (TPSA) is 69.2 Å². The summed E-state index contributed by atoms with van der Waals surface area (Å²) in [7, 11) is 2.12. The summed E-state index contributed by atoms with van der Waals surface area (Å²) < 4.78 is 43.7. The van der Waals surface area contributed by atoms with E-state index in [0.717, 1.165) is 18.8 Å². The third kappa shape index (κ3) is 3.36. The maximum Gasteiger partial charge on any atom is 0.573 e. The van der Waals surface area contributed by atoms with Crippen molar-refractivity contribution in [2.24, 2.45) is 11.8 Å². The number of hydrogen-bond donors (Lipinski definition) is 1. The van der Waals surface area contributed by atoms with Gasteiger partial charge in [-0.25, -0.2) is 4.98 Å². The van der Waals surface area contributed by atoms with E-state index in [1.807, 2.05) is 24.6 Å². The van der Waals surface area contributed by atoms with Crippen LogP contribution in [0.25, 0.3) is 11.3 Å². The van der Waals surface area contributed by atoms with Gasteiger partial charge in [-0.2, -0.15) is 5.10 Å². The van der Waals surface area contributed by atoms with Gasteiger partial charge < -0.3 is 15.4 Å². The third-order valence-electron chi connectivity index (χ3n) is 5.38. The molecule has 1 aliphatic heterocycles. The van der Waals surface area contributed by atoms with Gasteiger partial charge in [-0.3, -0.25) is 4.68 Å². The predicted molar refractivity (Wildman–Crippen MR) is 94.2 cm³/mol. The van der Waals surface area contributed by atoms with Gasteiger partial charge in [0.15, 0.2) is 11.6 Å². The molecule has 1 saturated carbocycles. The number of likely N-dealkylation sites (tertiary alicyclic amines) is 1. The number of pyridine rings is 1. The van der Waals surface area contributed by atoms with Gasteiger partial charge in [0.25, 0.3) is 0 Å². The minimum absolute atomic E-state index is 0.153. The van der Waals surface area contributed by atoms with Gasteiger partial charge in [0, 0.05) is 42.5 Å². The molecule has 2 N–H and O–H groups in total. The number of alkyl halides is 3. The van der Waals surface area contributed by atoms with E-state index in [1.165, 1.54) is 12.3 Å². The van der Waals surface area contributed by atoms with Crippen LogP contribution >= 0.6 is 0 Å². The van der Waals surface area contributed by atoms with Gasteiger partial charge in [-0.1, -0.05) is 0 Å². The molecular weight excluding hydrogens is 359 g/mol. The van der Waals surface area contributed by atoms with Gasteiger partial charge in [-0.05, 0) is 44.9 Å². The second kappa shape index (κ2) is 6.12. The van der Waals surface area contributed by atoms with Crippen molar-refractivity contribution in [2.45, 2.75) is 32.2 Å². The molecule has 1 unspecified atom stereocenters. The smallest absolute Gasteiger partial charge is 0.402 e. The fourth-order valence-electron chi connectivity index (χ4n) is 4.19. The Morgan fingerprint density at radius 3 is 2.48 bits per heavy atom. The standard InChI is InChI=1S/C18H22F3N5O/c1-9(2)26-14(16-11-7-25(3)8-12(11)16)5-13(24-26)10-4-15(17(22)23-6-10)27-18(19,20)21/h4-6,9,11-12,16H,7-8H2,1-3H3,(H2,22,23)/t11-,12+,16?. The number of hydrogen-bond acceptors (Lipinski definition) is 5. The number of nitrogens with zero attached hydrogens (tertiary/aromatic N) is 4. The summed E-state index contributed by atoms with van der Waals surface area (Å²) in [6.07, 6.45) is -3.40. The molecule has 2 aliphatic rings. The fraction of sp³-hybridized carbons (Fsp3) is 0.556. The Hall–Kier alpha value is -2.29. The first-order valence-electron chi connectivity index (χ1n) is 8.93. The van der Waals surface area contributed by atoms with Crippen LogP contribution in [0.4, 0.5) is 19.0 Å². The fourth-order valence-corrected chi connectivity index (χ4v) is 4.19. The molecule has 1 saturated heterocycles. The number of fused-ring (bicyclic) bond motifs is 1. The van der Waals surface area contributed by atoms with Crippen LogP contribution in [0.15, 0.2) is 18.3 Å². The van der Waals surface area contributed by atoms with Gasteiger partial charge in [-0.15, -0.1) is 13.2 Å². The Bertz CT molecular complexity index is 851. The largest absolute Gasteiger partial charge is 0.573 e. The molecule has 2 aromatic rings. The van der Waals surface area contributed by atoms with Crippen molar-refractivity contribution in [3.05, 3.63) is 24.0 Å². The Kier molecular flexibility index (Phi) is 4.10. The van der Waals surface area contributed by atoms with E-state index in [-0.39, 0.29) is 11.9 Å². The van der Waals surface area contributed by atoms with Crippen molar-refractivity contribution in [2.75, 3.05) is 25.9 Å². The highest BCUT2D eigenvalue weighted by molar-refractivity contribution is 5.64. The number of halogens is 3. The number of rotatable bonds is 4. The Labute approximate surface area is 155 Å². The quantitative estimate of drug-likeness (QED) is 0.880. The second-order valence-electron chi connectivity index (χ2n) is 7.72. The van der Waals surface area contributed by atoms with Crippen molar-refractivity contribution < 1.29 is 17.9 Å². The van der Waals surface area contributed by atoms with Crippen LogP contribution in [0, 0.1) is 11.8 Å². The maximum absolute atomic E-state index is 12.6. The summed E-state index contributed by atoms with van der Waals surface area (Å²) in [5.41, 5.74) is 7.69. The van der Waals surface area contributed by atoms with Gasteiger partial charge in [0.05, 0.1) is 5.69 Å². The minimum Gasteiger partial charge on any atom is -0.402 e. The Morgan fingerprint density at radius 2 is 1.89 bits per heavy atom. The SMILES string of the molecule is CC(C)n1nc(-c2cnc(N)c(OC(F)(F)F)c2)cc1C1[C@H]2CN(C)C[C@@H]12. The molecule has 4 rings (SSSR count). The minimum atomic E-state index is -4.83. The molecule has 0 aromatic carbocycles. The lowest BCUT2D eigenvalue weighted by Gasteiger charge is -2.15. The molecule has 9 heteroatoms. The molecule has 146 valence electrons.